The topological polar surface area (TPSA) is 135 Å². The molecule has 24 heavy (non-hydrogen) atoms. The number of phenols is 4. The molecule has 0 saturated heterocycles. The summed E-state index contributed by atoms with van der Waals surface area (Å²) in [5, 5.41) is 49.0. The van der Waals surface area contributed by atoms with Gasteiger partial charge in [0.25, 0.3) is 0 Å². The predicted octanol–water partition coefficient (Wildman–Crippen LogP) is 1.21. The maximum absolute atomic E-state index is 12.7. The Balaban J connectivity index is 2.30. The predicted molar refractivity (Wildman–Crippen MR) is 81.8 cm³/mol. The lowest BCUT2D eigenvalue weighted by Crippen LogP contribution is -2.22. The summed E-state index contributed by atoms with van der Waals surface area (Å²) in [6, 6.07) is 3.35. The monoisotopic (exact) mass is 330 g/mol. The van der Waals surface area contributed by atoms with Crippen molar-refractivity contribution < 1.29 is 35.1 Å². The molecule has 7 heteroatoms. The van der Waals surface area contributed by atoms with E-state index >= 15 is 0 Å². The molecule has 2 aromatic carbocycles. The standard InChI is InChI=1S/C17H14O7/c1-6(18)2-7-3-8-12(9(19)4-7)17(24)13-10(20)5-11(21)16(23)14(13)15(8)22/h3-6,18-21,23H,2H2,1H3/t6-/m1/s1. The minimum Gasteiger partial charge on any atom is -0.507 e. The fourth-order valence-corrected chi connectivity index (χ4v) is 2.92. The Kier molecular flexibility index (Phi) is 3.46. The molecule has 1 atom stereocenters. The largest absolute Gasteiger partial charge is 0.507 e. The lowest BCUT2D eigenvalue weighted by Gasteiger charge is -2.21. The molecule has 0 spiro atoms. The summed E-state index contributed by atoms with van der Waals surface area (Å²) in [6.45, 7) is 1.53. The van der Waals surface area contributed by atoms with E-state index in [1.165, 1.54) is 19.1 Å². The fourth-order valence-electron chi connectivity index (χ4n) is 2.92. The van der Waals surface area contributed by atoms with Gasteiger partial charge in [-0.1, -0.05) is 0 Å². The summed E-state index contributed by atoms with van der Waals surface area (Å²) in [5.74, 6) is -4.33. The normalized spacial score (nSPS) is 14.2. The summed E-state index contributed by atoms with van der Waals surface area (Å²) in [4.78, 5) is 25.2. The van der Waals surface area contributed by atoms with Crippen molar-refractivity contribution in [2.24, 2.45) is 0 Å². The Bertz CT molecular complexity index is 897. The van der Waals surface area contributed by atoms with Gasteiger partial charge in [-0.25, -0.2) is 0 Å². The van der Waals surface area contributed by atoms with Crippen LogP contribution >= 0.6 is 0 Å². The van der Waals surface area contributed by atoms with Crippen LogP contribution in [0.4, 0.5) is 0 Å². The van der Waals surface area contributed by atoms with Crippen molar-refractivity contribution in [1.29, 1.82) is 0 Å². The van der Waals surface area contributed by atoms with Crippen molar-refractivity contribution in [2.45, 2.75) is 19.4 Å². The molecular formula is C17H14O7. The SMILES string of the molecule is C[C@@H](O)Cc1cc(O)c2c(c1)C(=O)c1c(O)c(O)cc(O)c1C2=O. The number of phenolic OH excluding ortho intramolecular Hbond substituents is 4. The minimum atomic E-state index is -0.839. The van der Waals surface area contributed by atoms with Gasteiger partial charge in [0.2, 0.25) is 5.78 Å². The summed E-state index contributed by atoms with van der Waals surface area (Å²) in [7, 11) is 0. The van der Waals surface area contributed by atoms with Gasteiger partial charge in [-0.2, -0.15) is 0 Å². The Morgan fingerprint density at radius 2 is 1.46 bits per heavy atom. The summed E-state index contributed by atoms with van der Waals surface area (Å²) >= 11 is 0. The van der Waals surface area contributed by atoms with E-state index in [9.17, 15) is 35.1 Å². The molecule has 1 aliphatic rings. The van der Waals surface area contributed by atoms with Gasteiger partial charge in [0.15, 0.2) is 17.3 Å². The Morgan fingerprint density at radius 3 is 2.08 bits per heavy atom. The molecule has 0 amide bonds. The van der Waals surface area contributed by atoms with E-state index in [2.05, 4.69) is 0 Å². The molecular weight excluding hydrogens is 316 g/mol. The number of ketones is 2. The summed E-state index contributed by atoms with van der Waals surface area (Å²) in [5.41, 5.74) is -1.01. The average Bonchev–Trinajstić information content (AvgIpc) is 2.47. The number of carbonyl (C=O) groups is 2. The van der Waals surface area contributed by atoms with Crippen molar-refractivity contribution in [3.05, 3.63) is 46.0 Å². The maximum Gasteiger partial charge on any atom is 0.202 e. The molecule has 5 N–H and O–H groups in total. The number of fused-ring (bicyclic) bond motifs is 2. The van der Waals surface area contributed by atoms with Gasteiger partial charge in [0, 0.05) is 11.6 Å². The molecule has 0 unspecified atom stereocenters. The molecule has 1 aliphatic carbocycles. The molecule has 0 heterocycles. The molecule has 124 valence electrons. The number of rotatable bonds is 2. The van der Waals surface area contributed by atoms with Crippen LogP contribution in [-0.2, 0) is 6.42 Å². The number of hydrogen-bond donors (Lipinski definition) is 5. The average molecular weight is 330 g/mol. The highest BCUT2D eigenvalue weighted by Crippen LogP contribution is 2.44. The van der Waals surface area contributed by atoms with Crippen LogP contribution in [0.15, 0.2) is 18.2 Å². The van der Waals surface area contributed by atoms with Gasteiger partial charge in [0.05, 0.1) is 22.8 Å². The first-order chi connectivity index (χ1) is 11.2. The highest BCUT2D eigenvalue weighted by atomic mass is 16.3. The second-order valence-corrected chi connectivity index (χ2v) is 5.76. The first kappa shape index (κ1) is 15.8. The molecule has 0 saturated carbocycles. The molecule has 7 nitrogen and oxygen atoms in total. The van der Waals surface area contributed by atoms with E-state index in [1.807, 2.05) is 0 Å². The quantitative estimate of drug-likeness (QED) is 0.352. The van der Waals surface area contributed by atoms with Crippen molar-refractivity contribution in [3.8, 4) is 23.0 Å². The Morgan fingerprint density at radius 1 is 0.833 bits per heavy atom. The van der Waals surface area contributed by atoms with Crippen LogP contribution in [-0.4, -0.2) is 43.2 Å². The Labute approximate surface area is 136 Å². The number of aliphatic hydroxyl groups excluding tert-OH is 1. The van der Waals surface area contributed by atoms with Crippen LogP contribution in [0.5, 0.6) is 23.0 Å². The first-order valence-corrected chi connectivity index (χ1v) is 7.13. The number of aromatic hydroxyl groups is 4. The van der Waals surface area contributed by atoms with Crippen LogP contribution in [0.3, 0.4) is 0 Å². The van der Waals surface area contributed by atoms with Gasteiger partial charge >= 0.3 is 0 Å². The van der Waals surface area contributed by atoms with Gasteiger partial charge in [-0.3, -0.25) is 9.59 Å². The molecule has 2 aromatic rings. The van der Waals surface area contributed by atoms with E-state index in [0.717, 1.165) is 6.07 Å². The Hall–Kier alpha value is -3.06. The van der Waals surface area contributed by atoms with Crippen molar-refractivity contribution in [3.63, 3.8) is 0 Å². The number of carbonyl (C=O) groups excluding carboxylic acids is 2. The minimum absolute atomic E-state index is 0.145. The second kappa shape index (κ2) is 5.24. The van der Waals surface area contributed by atoms with Crippen molar-refractivity contribution in [1.82, 2.24) is 0 Å². The molecule has 3 rings (SSSR count). The lowest BCUT2D eigenvalue weighted by atomic mass is 9.81. The van der Waals surface area contributed by atoms with Crippen LogP contribution < -0.4 is 0 Å². The number of aliphatic hydroxyl groups is 1. The zero-order valence-corrected chi connectivity index (χ0v) is 12.6. The van der Waals surface area contributed by atoms with E-state index in [1.54, 1.807) is 0 Å². The smallest absolute Gasteiger partial charge is 0.202 e. The second-order valence-electron chi connectivity index (χ2n) is 5.76. The summed E-state index contributed by atoms with van der Waals surface area (Å²) < 4.78 is 0. The van der Waals surface area contributed by atoms with Crippen LogP contribution in [0.2, 0.25) is 0 Å². The first-order valence-electron chi connectivity index (χ1n) is 7.13. The van der Waals surface area contributed by atoms with Crippen LogP contribution in [0, 0.1) is 0 Å². The zero-order chi connectivity index (χ0) is 17.8. The van der Waals surface area contributed by atoms with Crippen LogP contribution in [0.25, 0.3) is 0 Å². The van der Waals surface area contributed by atoms with E-state index in [0.29, 0.717) is 5.56 Å². The molecule has 0 fully saturated rings. The third kappa shape index (κ3) is 2.17. The van der Waals surface area contributed by atoms with Gasteiger partial charge in [-0.15, -0.1) is 0 Å². The van der Waals surface area contributed by atoms with Gasteiger partial charge < -0.3 is 25.5 Å². The zero-order valence-electron chi connectivity index (χ0n) is 12.6. The third-order valence-electron chi connectivity index (χ3n) is 3.89. The van der Waals surface area contributed by atoms with E-state index < -0.39 is 51.8 Å². The maximum atomic E-state index is 12.7. The lowest BCUT2D eigenvalue weighted by molar-refractivity contribution is 0.0971. The van der Waals surface area contributed by atoms with Gasteiger partial charge in [-0.05, 0) is 31.0 Å². The molecule has 0 radical (unpaired) electrons. The highest BCUT2D eigenvalue weighted by molar-refractivity contribution is 6.31. The van der Waals surface area contributed by atoms with E-state index in [-0.39, 0.29) is 17.5 Å². The number of benzene rings is 2. The number of hydrogen-bond acceptors (Lipinski definition) is 7. The summed E-state index contributed by atoms with van der Waals surface area (Å²) in [6.07, 6.45) is -0.586. The highest BCUT2D eigenvalue weighted by Gasteiger charge is 2.37. The van der Waals surface area contributed by atoms with E-state index in [4.69, 9.17) is 0 Å². The molecule has 0 aromatic heterocycles. The van der Waals surface area contributed by atoms with Gasteiger partial charge in [0.1, 0.15) is 11.5 Å². The third-order valence-corrected chi connectivity index (χ3v) is 3.89. The van der Waals surface area contributed by atoms with Crippen molar-refractivity contribution in [2.75, 3.05) is 0 Å². The molecule has 0 bridgehead atoms. The molecule has 0 aliphatic heterocycles. The van der Waals surface area contributed by atoms with Crippen LogP contribution in [0.1, 0.15) is 44.3 Å². The van der Waals surface area contributed by atoms with Crippen molar-refractivity contribution >= 4 is 11.6 Å². The fraction of sp³-hybridized carbons (Fsp3) is 0.176.